The minimum atomic E-state index is -0.0413. The number of piperazine rings is 1. The van der Waals surface area contributed by atoms with Crippen molar-refractivity contribution in [2.75, 3.05) is 51.4 Å². The van der Waals surface area contributed by atoms with Crippen LogP contribution in [0.4, 0.5) is 5.82 Å². The fourth-order valence-electron chi connectivity index (χ4n) is 3.69. The normalized spacial score (nSPS) is 13.5. The van der Waals surface area contributed by atoms with Crippen molar-refractivity contribution in [1.29, 1.82) is 0 Å². The zero-order chi connectivity index (χ0) is 23.0. The maximum Gasteiger partial charge on any atom is 0.260 e. The summed E-state index contributed by atoms with van der Waals surface area (Å²) in [6, 6.07) is 19.0. The Morgan fingerprint density at radius 1 is 0.909 bits per heavy atom. The molecule has 2 heterocycles. The number of benzene rings is 2. The maximum atomic E-state index is 12.6. The first-order valence-corrected chi connectivity index (χ1v) is 11.0. The Hall–Kier alpha value is -3.81. The number of rotatable bonds is 8. The number of carbonyl (C=O) groups excluding carboxylic acids is 1. The summed E-state index contributed by atoms with van der Waals surface area (Å²) in [5.41, 5.74) is 1.74. The van der Waals surface area contributed by atoms with Gasteiger partial charge in [0.25, 0.3) is 5.91 Å². The Labute approximate surface area is 193 Å². The van der Waals surface area contributed by atoms with Gasteiger partial charge in [-0.15, -0.1) is 10.2 Å². The van der Waals surface area contributed by atoms with Crippen LogP contribution >= 0.6 is 0 Å². The molecule has 8 nitrogen and oxygen atoms in total. The van der Waals surface area contributed by atoms with Crippen molar-refractivity contribution in [3.63, 3.8) is 0 Å². The molecule has 172 valence electrons. The van der Waals surface area contributed by atoms with Crippen LogP contribution < -0.4 is 19.1 Å². The van der Waals surface area contributed by atoms with Crippen LogP contribution in [0.25, 0.3) is 11.3 Å². The maximum absolute atomic E-state index is 12.6. The molecule has 0 bridgehead atoms. The highest BCUT2D eigenvalue weighted by molar-refractivity contribution is 5.78. The van der Waals surface area contributed by atoms with E-state index < -0.39 is 0 Å². The highest BCUT2D eigenvalue weighted by Gasteiger charge is 2.23. The van der Waals surface area contributed by atoms with Crippen molar-refractivity contribution < 1.29 is 19.0 Å². The van der Waals surface area contributed by atoms with Gasteiger partial charge in [0.1, 0.15) is 5.75 Å². The first kappa shape index (κ1) is 22.4. The van der Waals surface area contributed by atoms with E-state index in [9.17, 15) is 4.79 Å². The molecule has 1 aliphatic rings. The van der Waals surface area contributed by atoms with Gasteiger partial charge in [0.15, 0.2) is 23.9 Å². The lowest BCUT2D eigenvalue weighted by molar-refractivity contribution is -0.133. The van der Waals surface area contributed by atoms with E-state index in [0.29, 0.717) is 44.3 Å². The van der Waals surface area contributed by atoms with Crippen molar-refractivity contribution in [1.82, 2.24) is 15.1 Å². The zero-order valence-corrected chi connectivity index (χ0v) is 18.9. The lowest BCUT2D eigenvalue weighted by Crippen LogP contribution is -2.50. The Morgan fingerprint density at radius 2 is 1.67 bits per heavy atom. The van der Waals surface area contributed by atoms with E-state index in [1.165, 1.54) is 0 Å². The van der Waals surface area contributed by atoms with Crippen molar-refractivity contribution in [3.8, 4) is 28.5 Å². The second kappa shape index (κ2) is 10.7. The highest BCUT2D eigenvalue weighted by atomic mass is 16.5. The molecular formula is C25H28N4O4. The molecule has 1 fully saturated rings. The van der Waals surface area contributed by atoms with Gasteiger partial charge in [0.2, 0.25) is 0 Å². The number of carbonyl (C=O) groups is 1. The summed E-state index contributed by atoms with van der Waals surface area (Å²) in [4.78, 5) is 16.6. The van der Waals surface area contributed by atoms with Crippen LogP contribution in [0.1, 0.15) is 6.92 Å². The molecule has 3 aromatic rings. The van der Waals surface area contributed by atoms with Gasteiger partial charge in [-0.3, -0.25) is 4.79 Å². The molecule has 0 atom stereocenters. The molecule has 1 aliphatic heterocycles. The van der Waals surface area contributed by atoms with Crippen molar-refractivity contribution in [2.45, 2.75) is 6.92 Å². The van der Waals surface area contributed by atoms with Gasteiger partial charge in [0, 0.05) is 31.7 Å². The molecule has 0 N–H and O–H groups in total. The summed E-state index contributed by atoms with van der Waals surface area (Å²) >= 11 is 0. The van der Waals surface area contributed by atoms with Crippen LogP contribution in [0, 0.1) is 0 Å². The molecular weight excluding hydrogens is 420 g/mol. The van der Waals surface area contributed by atoms with Gasteiger partial charge in [-0.2, -0.15) is 0 Å². The monoisotopic (exact) mass is 448 g/mol. The average Bonchev–Trinajstić information content (AvgIpc) is 2.88. The number of methoxy groups -OCH3 is 1. The fraction of sp³-hybridized carbons (Fsp3) is 0.320. The van der Waals surface area contributed by atoms with Gasteiger partial charge in [-0.05, 0) is 43.3 Å². The fourth-order valence-corrected chi connectivity index (χ4v) is 3.69. The predicted octanol–water partition coefficient (Wildman–Crippen LogP) is 3.28. The van der Waals surface area contributed by atoms with Crippen molar-refractivity contribution >= 4 is 11.7 Å². The Kier molecular flexibility index (Phi) is 7.24. The number of para-hydroxylation sites is 2. The number of anilines is 1. The lowest BCUT2D eigenvalue weighted by atomic mass is 10.1. The van der Waals surface area contributed by atoms with Gasteiger partial charge < -0.3 is 24.0 Å². The van der Waals surface area contributed by atoms with Crippen molar-refractivity contribution in [3.05, 3.63) is 60.7 Å². The van der Waals surface area contributed by atoms with Gasteiger partial charge >= 0.3 is 0 Å². The second-order valence-corrected chi connectivity index (χ2v) is 7.54. The summed E-state index contributed by atoms with van der Waals surface area (Å²) in [5.74, 6) is 2.77. The molecule has 0 unspecified atom stereocenters. The van der Waals surface area contributed by atoms with E-state index in [1.807, 2.05) is 72.5 Å². The summed E-state index contributed by atoms with van der Waals surface area (Å²) < 4.78 is 16.6. The SMILES string of the molecule is CCOc1ccccc1OCC(=O)N1CCN(c2ccc(-c3cccc(OC)c3)nn2)CC1. The third-order valence-electron chi connectivity index (χ3n) is 5.47. The van der Waals surface area contributed by atoms with Crippen LogP contribution in [0.3, 0.4) is 0 Å². The molecule has 0 aliphatic carbocycles. The lowest BCUT2D eigenvalue weighted by Gasteiger charge is -2.35. The first-order chi connectivity index (χ1) is 16.2. The van der Waals surface area contributed by atoms with Crippen LogP contribution in [0.5, 0.6) is 17.2 Å². The molecule has 1 saturated heterocycles. The number of hydrogen-bond donors (Lipinski definition) is 0. The van der Waals surface area contributed by atoms with Crippen LogP contribution in [-0.2, 0) is 4.79 Å². The Morgan fingerprint density at radius 3 is 2.33 bits per heavy atom. The van der Waals surface area contributed by atoms with E-state index in [-0.39, 0.29) is 12.5 Å². The molecule has 2 aromatic carbocycles. The van der Waals surface area contributed by atoms with Crippen LogP contribution in [-0.4, -0.2) is 67.5 Å². The summed E-state index contributed by atoms with van der Waals surface area (Å²) in [5, 5.41) is 8.78. The molecule has 4 rings (SSSR count). The number of nitrogens with zero attached hydrogens (tertiary/aromatic N) is 4. The smallest absolute Gasteiger partial charge is 0.260 e. The van der Waals surface area contributed by atoms with E-state index in [1.54, 1.807) is 7.11 Å². The number of ether oxygens (including phenoxy) is 3. The minimum absolute atomic E-state index is 0.0148. The third kappa shape index (κ3) is 5.52. The molecule has 0 radical (unpaired) electrons. The summed E-state index contributed by atoms with van der Waals surface area (Å²) in [6.45, 7) is 5.03. The molecule has 0 saturated carbocycles. The van der Waals surface area contributed by atoms with Crippen molar-refractivity contribution in [2.24, 2.45) is 0 Å². The van der Waals surface area contributed by atoms with Gasteiger partial charge in [0.05, 0.1) is 19.4 Å². The summed E-state index contributed by atoms with van der Waals surface area (Å²) in [6.07, 6.45) is 0. The number of aromatic nitrogens is 2. The largest absolute Gasteiger partial charge is 0.497 e. The van der Waals surface area contributed by atoms with E-state index in [0.717, 1.165) is 22.8 Å². The third-order valence-corrected chi connectivity index (χ3v) is 5.47. The Balaban J connectivity index is 1.30. The minimum Gasteiger partial charge on any atom is -0.497 e. The highest BCUT2D eigenvalue weighted by Crippen LogP contribution is 2.26. The second-order valence-electron chi connectivity index (χ2n) is 7.54. The van der Waals surface area contributed by atoms with Crippen LogP contribution in [0.15, 0.2) is 60.7 Å². The van der Waals surface area contributed by atoms with E-state index in [2.05, 4.69) is 15.1 Å². The molecule has 8 heteroatoms. The molecule has 1 amide bonds. The summed E-state index contributed by atoms with van der Waals surface area (Å²) in [7, 11) is 1.64. The zero-order valence-electron chi connectivity index (χ0n) is 18.9. The quantitative estimate of drug-likeness (QED) is 0.523. The number of amides is 1. The molecule has 0 spiro atoms. The topological polar surface area (TPSA) is 77.0 Å². The first-order valence-electron chi connectivity index (χ1n) is 11.0. The van der Waals surface area contributed by atoms with Gasteiger partial charge in [-0.25, -0.2) is 0 Å². The van der Waals surface area contributed by atoms with Crippen LogP contribution in [0.2, 0.25) is 0 Å². The molecule has 33 heavy (non-hydrogen) atoms. The Bertz CT molecular complexity index is 1070. The van der Waals surface area contributed by atoms with E-state index >= 15 is 0 Å². The number of hydrogen-bond acceptors (Lipinski definition) is 7. The van der Waals surface area contributed by atoms with E-state index in [4.69, 9.17) is 14.2 Å². The van der Waals surface area contributed by atoms with Gasteiger partial charge in [-0.1, -0.05) is 24.3 Å². The predicted molar refractivity (Wildman–Crippen MR) is 126 cm³/mol. The standard InChI is InChI=1S/C25H28N4O4/c1-3-32-22-9-4-5-10-23(22)33-18-25(30)29-15-13-28(14-16-29)24-12-11-21(26-27-24)19-7-6-8-20(17-19)31-2/h4-12,17H,3,13-16,18H2,1-2H3. The average molecular weight is 449 g/mol. The molecule has 1 aromatic heterocycles.